The molecule has 0 unspecified atom stereocenters. The van der Waals surface area contributed by atoms with E-state index in [1.807, 2.05) is 42.2 Å². The van der Waals surface area contributed by atoms with Crippen LogP contribution in [0.15, 0.2) is 41.4 Å². The maximum Gasteiger partial charge on any atom is 0.317 e. The monoisotopic (exact) mass is 462 g/mol. The van der Waals surface area contributed by atoms with Gasteiger partial charge in [0.15, 0.2) is 5.75 Å². The fourth-order valence-corrected chi connectivity index (χ4v) is 5.18. The largest absolute Gasteiger partial charge is 0.497 e. The zero-order chi connectivity index (χ0) is 23.7. The molecule has 0 spiro atoms. The van der Waals surface area contributed by atoms with E-state index in [9.17, 15) is 4.79 Å². The molecule has 2 amide bonds. The lowest BCUT2D eigenvalue weighted by molar-refractivity contribution is 0.130. The molecule has 180 valence electrons. The number of aryl methyl sites for hydroxylation is 1. The van der Waals surface area contributed by atoms with Crippen molar-refractivity contribution in [3.8, 4) is 17.2 Å². The van der Waals surface area contributed by atoms with Crippen molar-refractivity contribution in [2.75, 3.05) is 26.7 Å². The minimum atomic E-state index is 0.0659. The molecule has 7 heteroatoms. The number of methoxy groups -OCH3 is 1. The number of nitrogens with zero attached hydrogens (tertiary/aromatic N) is 3. The second-order valence-corrected chi connectivity index (χ2v) is 9.64. The predicted octanol–water partition coefficient (Wildman–Crippen LogP) is 5.24. The number of rotatable bonds is 2. The first-order valence-electron chi connectivity index (χ1n) is 12.4. The average molecular weight is 463 g/mol. The van der Waals surface area contributed by atoms with Crippen molar-refractivity contribution in [2.24, 2.45) is 4.99 Å². The third kappa shape index (κ3) is 4.56. The molecule has 2 aromatic carbocycles. The third-order valence-corrected chi connectivity index (χ3v) is 7.11. The van der Waals surface area contributed by atoms with Crippen LogP contribution in [0.3, 0.4) is 0 Å². The number of amides is 2. The number of ether oxygens (including phenoxy) is 2. The highest BCUT2D eigenvalue weighted by atomic mass is 16.5. The highest BCUT2D eigenvalue weighted by molar-refractivity contribution is 6.04. The van der Waals surface area contributed by atoms with Crippen LogP contribution in [0.25, 0.3) is 0 Å². The number of nitrogens with one attached hydrogen (secondary N) is 1. The highest BCUT2D eigenvalue weighted by Crippen LogP contribution is 2.40. The zero-order valence-electron chi connectivity index (χ0n) is 20.3. The second-order valence-electron chi connectivity index (χ2n) is 9.64. The molecule has 1 aliphatic carbocycles. The first-order valence-corrected chi connectivity index (χ1v) is 12.4. The minimum Gasteiger partial charge on any atom is -0.497 e. The van der Waals surface area contributed by atoms with Crippen LogP contribution in [0.5, 0.6) is 17.2 Å². The quantitative estimate of drug-likeness (QED) is 0.663. The summed E-state index contributed by atoms with van der Waals surface area (Å²) in [6, 6.07) is 12.4. The summed E-state index contributed by atoms with van der Waals surface area (Å²) >= 11 is 0. The van der Waals surface area contributed by atoms with Crippen LogP contribution >= 0.6 is 0 Å². The molecule has 2 aromatic rings. The molecule has 1 saturated carbocycles. The van der Waals surface area contributed by atoms with Gasteiger partial charge in [0.25, 0.3) is 0 Å². The molecule has 7 nitrogen and oxygen atoms in total. The van der Waals surface area contributed by atoms with Gasteiger partial charge in [-0.05, 0) is 56.5 Å². The number of urea groups is 1. The number of aliphatic imine (C=N–C) groups is 1. The van der Waals surface area contributed by atoms with Gasteiger partial charge in [0.05, 0.1) is 12.7 Å². The molecular weight excluding hydrogens is 428 g/mol. The normalized spacial score (nSPS) is 20.4. The van der Waals surface area contributed by atoms with Crippen molar-refractivity contribution in [3.63, 3.8) is 0 Å². The highest BCUT2D eigenvalue weighted by Gasteiger charge is 2.32. The Morgan fingerprint density at radius 3 is 2.68 bits per heavy atom. The minimum absolute atomic E-state index is 0.0659. The molecule has 5 rings (SSSR count). The van der Waals surface area contributed by atoms with Gasteiger partial charge >= 0.3 is 6.03 Å². The molecule has 2 heterocycles. The standard InChI is InChI=1S/C27H34N4O3/c1-18-9-12-23-25(15-18)34-24-16-21(33-3)10-11-22(24)26(29-23)30-13-14-31(19(2)17-30)27(32)28-20-7-5-4-6-8-20/h9-12,15-16,19-20H,4-8,13-14,17H2,1-3H3,(H,28,32)/t19-/m1/s1. The first kappa shape index (κ1) is 22.6. The number of hydrogen-bond donors (Lipinski definition) is 1. The Labute approximate surface area is 201 Å². The molecule has 0 bridgehead atoms. The van der Waals surface area contributed by atoms with Gasteiger partial charge in [-0.25, -0.2) is 9.79 Å². The fourth-order valence-electron chi connectivity index (χ4n) is 5.18. The molecule has 1 atom stereocenters. The molecule has 34 heavy (non-hydrogen) atoms. The van der Waals surface area contributed by atoms with E-state index in [4.69, 9.17) is 14.5 Å². The summed E-state index contributed by atoms with van der Waals surface area (Å²) in [4.78, 5) is 22.3. The maximum atomic E-state index is 13.0. The number of carbonyl (C=O) groups excluding carboxylic acids is 1. The Bertz CT molecular complexity index is 1090. The van der Waals surface area contributed by atoms with E-state index in [2.05, 4.69) is 23.2 Å². The Hall–Kier alpha value is -3.22. The Morgan fingerprint density at radius 2 is 1.91 bits per heavy atom. The van der Waals surface area contributed by atoms with Gasteiger partial charge in [0.1, 0.15) is 23.0 Å². The lowest BCUT2D eigenvalue weighted by atomic mass is 9.96. The van der Waals surface area contributed by atoms with Crippen molar-refractivity contribution in [1.29, 1.82) is 0 Å². The van der Waals surface area contributed by atoms with Gasteiger partial charge in [-0.3, -0.25) is 0 Å². The van der Waals surface area contributed by atoms with Gasteiger partial charge in [-0.2, -0.15) is 0 Å². The Balaban J connectivity index is 1.39. The van der Waals surface area contributed by atoms with Crippen molar-refractivity contribution < 1.29 is 14.3 Å². The molecule has 1 N–H and O–H groups in total. The van der Waals surface area contributed by atoms with Gasteiger partial charge in [-0.1, -0.05) is 25.3 Å². The molecule has 2 fully saturated rings. The van der Waals surface area contributed by atoms with Crippen LogP contribution in [-0.4, -0.2) is 60.5 Å². The molecule has 3 aliphatic rings. The van der Waals surface area contributed by atoms with E-state index < -0.39 is 0 Å². The van der Waals surface area contributed by atoms with E-state index in [1.54, 1.807) is 7.11 Å². The smallest absolute Gasteiger partial charge is 0.317 e. The average Bonchev–Trinajstić information content (AvgIpc) is 3.00. The zero-order valence-corrected chi connectivity index (χ0v) is 20.3. The van der Waals surface area contributed by atoms with E-state index >= 15 is 0 Å². The number of piperazine rings is 1. The summed E-state index contributed by atoms with van der Waals surface area (Å²) < 4.78 is 11.8. The molecule has 2 aliphatic heterocycles. The Kier molecular flexibility index (Phi) is 6.35. The van der Waals surface area contributed by atoms with Gasteiger partial charge in [-0.15, -0.1) is 0 Å². The lowest BCUT2D eigenvalue weighted by Crippen LogP contribution is -2.58. The first-order chi connectivity index (χ1) is 16.5. The van der Waals surface area contributed by atoms with E-state index in [0.717, 1.165) is 52.7 Å². The maximum absolute atomic E-state index is 13.0. The molecule has 0 aromatic heterocycles. The van der Waals surface area contributed by atoms with Crippen LogP contribution in [0, 0.1) is 6.92 Å². The number of amidine groups is 1. The van der Waals surface area contributed by atoms with Crippen molar-refractivity contribution in [2.45, 2.75) is 58.0 Å². The number of fused-ring (bicyclic) bond motifs is 2. The van der Waals surface area contributed by atoms with Gasteiger partial charge in [0.2, 0.25) is 0 Å². The fraction of sp³-hybridized carbons (Fsp3) is 0.481. The van der Waals surface area contributed by atoms with Crippen LogP contribution in [0.4, 0.5) is 10.5 Å². The predicted molar refractivity (Wildman–Crippen MR) is 134 cm³/mol. The third-order valence-electron chi connectivity index (χ3n) is 7.11. The van der Waals surface area contributed by atoms with Crippen molar-refractivity contribution >= 4 is 17.6 Å². The van der Waals surface area contributed by atoms with E-state index in [0.29, 0.717) is 25.7 Å². The molecule has 1 saturated heterocycles. The molecule has 0 radical (unpaired) electrons. The second kappa shape index (κ2) is 9.57. The van der Waals surface area contributed by atoms with Crippen LogP contribution < -0.4 is 14.8 Å². The van der Waals surface area contributed by atoms with Crippen LogP contribution in [0.2, 0.25) is 0 Å². The van der Waals surface area contributed by atoms with Crippen LogP contribution in [-0.2, 0) is 0 Å². The number of benzene rings is 2. The summed E-state index contributed by atoms with van der Waals surface area (Å²) in [5.74, 6) is 3.09. The Morgan fingerprint density at radius 1 is 1.09 bits per heavy atom. The van der Waals surface area contributed by atoms with E-state index in [1.165, 1.54) is 19.3 Å². The van der Waals surface area contributed by atoms with Crippen LogP contribution in [0.1, 0.15) is 50.2 Å². The van der Waals surface area contributed by atoms with E-state index in [-0.39, 0.29) is 12.1 Å². The summed E-state index contributed by atoms with van der Waals surface area (Å²) in [5, 5.41) is 3.27. The topological polar surface area (TPSA) is 66.4 Å². The summed E-state index contributed by atoms with van der Waals surface area (Å²) in [5.41, 5.74) is 2.86. The SMILES string of the molecule is COc1ccc2c(c1)Oc1cc(C)ccc1N=C2N1CCN(C(=O)NC2CCCCC2)[C@H](C)C1. The van der Waals surface area contributed by atoms with Crippen molar-refractivity contribution in [3.05, 3.63) is 47.5 Å². The lowest BCUT2D eigenvalue weighted by Gasteiger charge is -2.41. The number of hydrogen-bond acceptors (Lipinski definition) is 5. The summed E-state index contributed by atoms with van der Waals surface area (Å²) in [6.07, 6.45) is 5.89. The summed E-state index contributed by atoms with van der Waals surface area (Å²) in [7, 11) is 1.66. The van der Waals surface area contributed by atoms with Gasteiger partial charge < -0.3 is 24.6 Å². The molecular formula is C27H34N4O3. The number of carbonyl (C=O) groups is 1. The van der Waals surface area contributed by atoms with Gasteiger partial charge in [0, 0.05) is 37.8 Å². The van der Waals surface area contributed by atoms with Crippen molar-refractivity contribution in [1.82, 2.24) is 15.1 Å². The summed E-state index contributed by atoms with van der Waals surface area (Å²) in [6.45, 7) is 6.25.